The van der Waals surface area contributed by atoms with Gasteiger partial charge in [0.15, 0.2) is 5.82 Å². The Morgan fingerprint density at radius 2 is 2.16 bits per heavy atom. The Morgan fingerprint density at radius 3 is 2.68 bits per heavy atom. The monoisotopic (exact) mass is 263 g/mol. The first-order valence-electron chi connectivity index (χ1n) is 6.08. The van der Waals surface area contributed by atoms with Crippen molar-refractivity contribution in [2.45, 2.75) is 26.7 Å². The minimum Gasteiger partial charge on any atom is -0.448 e. The molecule has 0 aliphatic rings. The number of rotatable bonds is 6. The van der Waals surface area contributed by atoms with Crippen molar-refractivity contribution in [1.29, 1.82) is 5.26 Å². The molecule has 1 rings (SSSR count). The molecule has 0 radical (unpaired) electrons. The second kappa shape index (κ2) is 7.16. The van der Waals surface area contributed by atoms with E-state index in [1.165, 1.54) is 0 Å². The van der Waals surface area contributed by atoms with E-state index in [1.54, 1.807) is 0 Å². The zero-order valence-corrected chi connectivity index (χ0v) is 11.1. The highest BCUT2D eigenvalue weighted by molar-refractivity contribution is 5.64. The lowest BCUT2D eigenvalue weighted by Gasteiger charge is -2.11. The first kappa shape index (κ1) is 14.7. The predicted octanol–water partition coefficient (Wildman–Crippen LogP) is 0.980. The Balaban J connectivity index is 2.84. The summed E-state index contributed by atoms with van der Waals surface area (Å²) in [6.07, 6.45) is 0.619. The van der Waals surface area contributed by atoms with Crippen LogP contribution in [0, 0.1) is 11.3 Å². The molecule has 0 saturated heterocycles. The van der Waals surface area contributed by atoms with Gasteiger partial charge in [-0.2, -0.15) is 10.4 Å². The molecule has 1 amide bonds. The Hall–Kier alpha value is -2.36. The molecule has 0 aliphatic carbocycles. The van der Waals surface area contributed by atoms with Crippen LogP contribution in [-0.2, 0) is 17.6 Å². The lowest BCUT2D eigenvalue weighted by Crippen LogP contribution is -2.19. The second-order valence-corrected chi connectivity index (χ2v) is 3.76. The number of aromatic nitrogens is 2. The van der Waals surface area contributed by atoms with E-state index in [1.807, 2.05) is 13.8 Å². The summed E-state index contributed by atoms with van der Waals surface area (Å²) in [7, 11) is 0. The minimum absolute atomic E-state index is 0.110. The van der Waals surface area contributed by atoms with E-state index in [-0.39, 0.29) is 6.61 Å². The quantitative estimate of drug-likeness (QED) is 0.739. The van der Waals surface area contributed by atoms with Crippen LogP contribution in [-0.4, -0.2) is 29.4 Å². The third kappa shape index (κ3) is 3.81. The standard InChI is InChI=1S/C12H17N5O2/c1-3-8-9(7-13)11(17-16-10(8)4-2)15-5-6-19-12(14)18/h3-6H2,1-2H3,(H2,14,18)(H,15,17). The Kier molecular flexibility index (Phi) is 5.54. The third-order valence-electron chi connectivity index (χ3n) is 2.60. The molecule has 0 bridgehead atoms. The SMILES string of the molecule is CCc1nnc(NCCOC(N)=O)c(C#N)c1CC. The van der Waals surface area contributed by atoms with Gasteiger partial charge in [-0.1, -0.05) is 13.8 Å². The number of hydrogen-bond donors (Lipinski definition) is 2. The maximum atomic E-state index is 10.4. The van der Waals surface area contributed by atoms with Gasteiger partial charge in [0.1, 0.15) is 18.2 Å². The number of carbonyl (C=O) groups is 1. The van der Waals surface area contributed by atoms with E-state index < -0.39 is 6.09 Å². The molecular weight excluding hydrogens is 246 g/mol. The zero-order chi connectivity index (χ0) is 14.3. The molecule has 7 heteroatoms. The minimum atomic E-state index is -0.830. The fourth-order valence-corrected chi connectivity index (χ4v) is 1.74. The van der Waals surface area contributed by atoms with E-state index in [0.717, 1.165) is 17.7 Å². The number of nitrogens with zero attached hydrogens (tertiary/aromatic N) is 3. The lowest BCUT2D eigenvalue weighted by molar-refractivity contribution is 0.161. The molecule has 3 N–H and O–H groups in total. The summed E-state index contributed by atoms with van der Waals surface area (Å²) < 4.78 is 4.58. The Bertz CT molecular complexity index is 496. The molecule has 19 heavy (non-hydrogen) atoms. The van der Waals surface area contributed by atoms with E-state index in [9.17, 15) is 10.1 Å². The maximum absolute atomic E-state index is 10.4. The van der Waals surface area contributed by atoms with Gasteiger partial charge in [0, 0.05) is 0 Å². The van der Waals surface area contributed by atoms with Gasteiger partial charge in [-0.3, -0.25) is 0 Å². The fourth-order valence-electron chi connectivity index (χ4n) is 1.74. The molecule has 0 fully saturated rings. The second-order valence-electron chi connectivity index (χ2n) is 3.76. The van der Waals surface area contributed by atoms with Crippen LogP contribution in [0.4, 0.5) is 10.6 Å². The lowest BCUT2D eigenvalue weighted by atomic mass is 10.0. The van der Waals surface area contributed by atoms with Gasteiger partial charge in [-0.05, 0) is 18.4 Å². The first-order valence-corrected chi connectivity index (χ1v) is 6.08. The largest absolute Gasteiger partial charge is 0.448 e. The number of ether oxygens (including phenoxy) is 1. The van der Waals surface area contributed by atoms with Crippen LogP contribution < -0.4 is 11.1 Å². The highest BCUT2D eigenvalue weighted by Crippen LogP contribution is 2.19. The fraction of sp³-hybridized carbons (Fsp3) is 0.500. The molecule has 0 unspecified atom stereocenters. The molecule has 0 atom stereocenters. The number of anilines is 1. The van der Waals surface area contributed by atoms with Crippen molar-refractivity contribution in [3.63, 3.8) is 0 Å². The van der Waals surface area contributed by atoms with Gasteiger partial charge in [0.25, 0.3) is 0 Å². The number of aryl methyl sites for hydroxylation is 1. The van der Waals surface area contributed by atoms with E-state index in [2.05, 4.69) is 26.3 Å². The molecule has 102 valence electrons. The number of nitrogens with one attached hydrogen (secondary N) is 1. The summed E-state index contributed by atoms with van der Waals surface area (Å²) in [6.45, 7) is 4.37. The van der Waals surface area contributed by atoms with Gasteiger partial charge in [0.2, 0.25) is 0 Å². The molecule has 7 nitrogen and oxygen atoms in total. The molecular formula is C12H17N5O2. The number of nitrogens with two attached hydrogens (primary N) is 1. The van der Waals surface area contributed by atoms with Crippen LogP contribution in [0.3, 0.4) is 0 Å². The van der Waals surface area contributed by atoms with Crippen LogP contribution in [0.5, 0.6) is 0 Å². The summed E-state index contributed by atoms with van der Waals surface area (Å²) >= 11 is 0. The van der Waals surface area contributed by atoms with Crippen molar-refractivity contribution in [3.05, 3.63) is 16.8 Å². The summed E-state index contributed by atoms with van der Waals surface area (Å²) in [5, 5.41) is 20.2. The van der Waals surface area contributed by atoms with Crippen molar-refractivity contribution in [2.24, 2.45) is 5.73 Å². The molecule has 1 heterocycles. The van der Waals surface area contributed by atoms with Crippen LogP contribution >= 0.6 is 0 Å². The Labute approximate surface area is 111 Å². The third-order valence-corrected chi connectivity index (χ3v) is 2.60. The zero-order valence-electron chi connectivity index (χ0n) is 11.1. The summed E-state index contributed by atoms with van der Waals surface area (Å²) in [4.78, 5) is 10.4. The maximum Gasteiger partial charge on any atom is 0.404 e. The van der Waals surface area contributed by atoms with Gasteiger partial charge in [-0.25, -0.2) is 4.79 Å². The van der Waals surface area contributed by atoms with Crippen molar-refractivity contribution >= 4 is 11.9 Å². The van der Waals surface area contributed by atoms with Gasteiger partial charge < -0.3 is 15.8 Å². The predicted molar refractivity (Wildman–Crippen MR) is 69.5 cm³/mol. The van der Waals surface area contributed by atoms with Crippen LogP contribution in [0.1, 0.15) is 30.7 Å². The highest BCUT2D eigenvalue weighted by atomic mass is 16.5. The number of primary amides is 1. The molecule has 0 aliphatic heterocycles. The summed E-state index contributed by atoms with van der Waals surface area (Å²) in [5.74, 6) is 0.407. The van der Waals surface area contributed by atoms with Crippen molar-refractivity contribution < 1.29 is 9.53 Å². The Morgan fingerprint density at radius 1 is 1.42 bits per heavy atom. The van der Waals surface area contributed by atoms with Crippen molar-refractivity contribution in [3.8, 4) is 6.07 Å². The van der Waals surface area contributed by atoms with E-state index in [4.69, 9.17) is 5.73 Å². The van der Waals surface area contributed by atoms with E-state index in [0.29, 0.717) is 24.3 Å². The normalized spacial score (nSPS) is 9.74. The summed E-state index contributed by atoms with van der Waals surface area (Å²) in [6, 6.07) is 2.14. The van der Waals surface area contributed by atoms with Crippen LogP contribution in [0.2, 0.25) is 0 Å². The molecule has 1 aromatic rings. The van der Waals surface area contributed by atoms with E-state index >= 15 is 0 Å². The number of carbonyl (C=O) groups excluding carboxylic acids is 1. The summed E-state index contributed by atoms with van der Waals surface area (Å²) in [5.41, 5.74) is 7.07. The number of hydrogen-bond acceptors (Lipinski definition) is 6. The molecule has 1 aromatic heterocycles. The average molecular weight is 263 g/mol. The number of nitriles is 1. The highest BCUT2D eigenvalue weighted by Gasteiger charge is 2.13. The first-order chi connectivity index (χ1) is 9.13. The van der Waals surface area contributed by atoms with Gasteiger partial charge >= 0.3 is 6.09 Å². The number of amides is 1. The van der Waals surface area contributed by atoms with Gasteiger partial charge in [0.05, 0.1) is 12.2 Å². The van der Waals surface area contributed by atoms with Crippen molar-refractivity contribution in [1.82, 2.24) is 10.2 Å². The smallest absolute Gasteiger partial charge is 0.404 e. The van der Waals surface area contributed by atoms with Crippen LogP contribution in [0.25, 0.3) is 0 Å². The van der Waals surface area contributed by atoms with Gasteiger partial charge in [-0.15, -0.1) is 5.10 Å². The van der Waals surface area contributed by atoms with Crippen molar-refractivity contribution in [2.75, 3.05) is 18.5 Å². The average Bonchev–Trinajstić information content (AvgIpc) is 2.42. The molecule has 0 saturated carbocycles. The topological polar surface area (TPSA) is 114 Å². The molecule has 0 aromatic carbocycles. The molecule has 0 spiro atoms. The van der Waals surface area contributed by atoms with Crippen LogP contribution in [0.15, 0.2) is 0 Å².